The molecule has 0 bridgehead atoms. The van der Waals surface area contributed by atoms with E-state index in [2.05, 4.69) is 0 Å². The van der Waals surface area contributed by atoms with Gasteiger partial charge in [0.05, 0.1) is 13.2 Å². The molecule has 0 aromatic heterocycles. The Morgan fingerprint density at radius 3 is 2.93 bits per heavy atom. The molecular formula is C11H12O3. The predicted octanol–water partition coefficient (Wildman–Crippen LogP) is 1.95. The molecular weight excluding hydrogens is 180 g/mol. The van der Waals surface area contributed by atoms with E-state index in [9.17, 15) is 4.79 Å². The van der Waals surface area contributed by atoms with Gasteiger partial charge in [-0.25, -0.2) is 0 Å². The van der Waals surface area contributed by atoms with Crippen LogP contribution in [0.4, 0.5) is 0 Å². The molecule has 1 aromatic rings. The summed E-state index contributed by atoms with van der Waals surface area (Å²) in [5, 5.41) is 0. The third-order valence-corrected chi connectivity index (χ3v) is 2.30. The Kier molecular flexibility index (Phi) is 2.25. The van der Waals surface area contributed by atoms with Gasteiger partial charge >= 0.3 is 5.97 Å². The molecule has 1 aromatic carbocycles. The zero-order valence-electron chi connectivity index (χ0n) is 8.29. The molecule has 0 saturated carbocycles. The Labute approximate surface area is 82.6 Å². The van der Waals surface area contributed by atoms with Crippen LogP contribution in [-0.2, 0) is 22.7 Å². The van der Waals surface area contributed by atoms with E-state index in [1.165, 1.54) is 6.92 Å². The Morgan fingerprint density at radius 2 is 2.21 bits per heavy atom. The molecule has 14 heavy (non-hydrogen) atoms. The summed E-state index contributed by atoms with van der Waals surface area (Å²) in [7, 11) is 0. The van der Waals surface area contributed by atoms with Crippen molar-refractivity contribution in [2.24, 2.45) is 0 Å². The fourth-order valence-electron chi connectivity index (χ4n) is 1.63. The molecule has 0 fully saturated rings. The number of rotatable bonds is 1. The molecule has 0 amide bonds. The SMILES string of the molecule is CC(=O)Oc1c(C)ccc2c1COC2. The normalized spacial score (nSPS) is 13.9. The second kappa shape index (κ2) is 3.42. The summed E-state index contributed by atoms with van der Waals surface area (Å²) in [4.78, 5) is 10.9. The van der Waals surface area contributed by atoms with Gasteiger partial charge in [0.2, 0.25) is 0 Å². The molecule has 0 unspecified atom stereocenters. The van der Waals surface area contributed by atoms with Crippen LogP contribution in [0.3, 0.4) is 0 Å². The van der Waals surface area contributed by atoms with E-state index in [1.807, 2.05) is 19.1 Å². The summed E-state index contributed by atoms with van der Waals surface area (Å²) in [5.74, 6) is 0.390. The first-order chi connectivity index (χ1) is 6.68. The number of carbonyl (C=O) groups excluding carboxylic acids is 1. The molecule has 0 radical (unpaired) electrons. The molecule has 3 heteroatoms. The standard InChI is InChI=1S/C11H12O3/c1-7-3-4-9-5-13-6-10(9)11(7)14-8(2)12/h3-4H,5-6H2,1-2H3. The van der Waals surface area contributed by atoms with E-state index in [0.717, 1.165) is 16.7 Å². The topological polar surface area (TPSA) is 35.5 Å². The summed E-state index contributed by atoms with van der Waals surface area (Å²) < 4.78 is 10.5. The van der Waals surface area contributed by atoms with Crippen molar-refractivity contribution in [3.63, 3.8) is 0 Å². The summed E-state index contributed by atoms with van der Waals surface area (Å²) in [6.45, 7) is 4.50. The van der Waals surface area contributed by atoms with Gasteiger partial charge in [0, 0.05) is 12.5 Å². The van der Waals surface area contributed by atoms with Gasteiger partial charge in [-0.05, 0) is 18.1 Å². The van der Waals surface area contributed by atoms with E-state index < -0.39 is 0 Å². The first kappa shape index (κ1) is 9.21. The second-order valence-corrected chi connectivity index (χ2v) is 3.44. The van der Waals surface area contributed by atoms with Crippen LogP contribution in [0, 0.1) is 6.92 Å². The summed E-state index contributed by atoms with van der Waals surface area (Å²) >= 11 is 0. The van der Waals surface area contributed by atoms with Gasteiger partial charge in [0.15, 0.2) is 0 Å². The van der Waals surface area contributed by atoms with Gasteiger partial charge in [-0.2, -0.15) is 0 Å². The Morgan fingerprint density at radius 1 is 1.43 bits per heavy atom. The zero-order valence-corrected chi connectivity index (χ0v) is 8.29. The zero-order chi connectivity index (χ0) is 10.1. The van der Waals surface area contributed by atoms with Crippen LogP contribution >= 0.6 is 0 Å². The quantitative estimate of drug-likeness (QED) is 0.504. The van der Waals surface area contributed by atoms with Crippen molar-refractivity contribution in [2.45, 2.75) is 27.1 Å². The lowest BCUT2D eigenvalue weighted by molar-refractivity contribution is -0.132. The van der Waals surface area contributed by atoms with Gasteiger partial charge in [0.1, 0.15) is 5.75 Å². The van der Waals surface area contributed by atoms with E-state index in [1.54, 1.807) is 0 Å². The smallest absolute Gasteiger partial charge is 0.308 e. The minimum atomic E-state index is -0.284. The van der Waals surface area contributed by atoms with Crippen molar-refractivity contribution < 1.29 is 14.3 Å². The van der Waals surface area contributed by atoms with Gasteiger partial charge in [-0.3, -0.25) is 4.79 Å². The number of carbonyl (C=O) groups is 1. The molecule has 1 aliphatic heterocycles. The molecule has 2 rings (SSSR count). The maximum atomic E-state index is 10.9. The van der Waals surface area contributed by atoms with Crippen LogP contribution in [0.25, 0.3) is 0 Å². The lowest BCUT2D eigenvalue weighted by atomic mass is 10.1. The Balaban J connectivity index is 2.46. The minimum Gasteiger partial charge on any atom is -0.426 e. The monoisotopic (exact) mass is 192 g/mol. The van der Waals surface area contributed by atoms with Crippen LogP contribution in [0.5, 0.6) is 5.75 Å². The molecule has 0 N–H and O–H groups in total. The maximum absolute atomic E-state index is 10.9. The molecule has 1 heterocycles. The molecule has 0 saturated heterocycles. The predicted molar refractivity (Wildman–Crippen MR) is 51.0 cm³/mol. The number of fused-ring (bicyclic) bond motifs is 1. The first-order valence-electron chi connectivity index (χ1n) is 4.56. The highest BCUT2D eigenvalue weighted by molar-refractivity contribution is 5.70. The third-order valence-electron chi connectivity index (χ3n) is 2.30. The van der Waals surface area contributed by atoms with E-state index in [0.29, 0.717) is 19.0 Å². The van der Waals surface area contributed by atoms with E-state index in [-0.39, 0.29) is 5.97 Å². The van der Waals surface area contributed by atoms with Crippen LogP contribution in [0.15, 0.2) is 12.1 Å². The number of hydrogen-bond acceptors (Lipinski definition) is 3. The minimum absolute atomic E-state index is 0.284. The Hall–Kier alpha value is -1.35. The van der Waals surface area contributed by atoms with Gasteiger partial charge in [-0.15, -0.1) is 0 Å². The highest BCUT2D eigenvalue weighted by Crippen LogP contribution is 2.32. The lowest BCUT2D eigenvalue weighted by Crippen LogP contribution is -2.05. The lowest BCUT2D eigenvalue weighted by Gasteiger charge is -2.09. The highest BCUT2D eigenvalue weighted by atomic mass is 16.5. The molecule has 0 aliphatic carbocycles. The van der Waals surface area contributed by atoms with Crippen molar-refractivity contribution in [3.8, 4) is 5.75 Å². The van der Waals surface area contributed by atoms with Crippen LogP contribution in [0.2, 0.25) is 0 Å². The molecule has 1 aliphatic rings. The third kappa shape index (κ3) is 1.51. The van der Waals surface area contributed by atoms with Gasteiger partial charge in [0.25, 0.3) is 0 Å². The van der Waals surface area contributed by atoms with Crippen LogP contribution in [0.1, 0.15) is 23.6 Å². The number of ether oxygens (including phenoxy) is 2. The first-order valence-corrected chi connectivity index (χ1v) is 4.56. The molecule has 0 spiro atoms. The van der Waals surface area contributed by atoms with Crippen molar-refractivity contribution in [2.75, 3.05) is 0 Å². The van der Waals surface area contributed by atoms with Crippen molar-refractivity contribution in [1.29, 1.82) is 0 Å². The number of esters is 1. The van der Waals surface area contributed by atoms with Crippen molar-refractivity contribution in [3.05, 3.63) is 28.8 Å². The average molecular weight is 192 g/mol. The van der Waals surface area contributed by atoms with E-state index >= 15 is 0 Å². The van der Waals surface area contributed by atoms with E-state index in [4.69, 9.17) is 9.47 Å². The highest BCUT2D eigenvalue weighted by Gasteiger charge is 2.18. The largest absolute Gasteiger partial charge is 0.426 e. The van der Waals surface area contributed by atoms with Crippen molar-refractivity contribution in [1.82, 2.24) is 0 Å². The number of benzene rings is 1. The molecule has 0 atom stereocenters. The molecule has 3 nitrogen and oxygen atoms in total. The fourth-order valence-corrected chi connectivity index (χ4v) is 1.63. The Bertz CT molecular complexity index is 382. The summed E-state index contributed by atoms with van der Waals surface area (Å²) in [5.41, 5.74) is 3.11. The second-order valence-electron chi connectivity index (χ2n) is 3.44. The summed E-state index contributed by atoms with van der Waals surface area (Å²) in [6, 6.07) is 3.97. The maximum Gasteiger partial charge on any atom is 0.308 e. The van der Waals surface area contributed by atoms with Gasteiger partial charge in [-0.1, -0.05) is 12.1 Å². The fraction of sp³-hybridized carbons (Fsp3) is 0.364. The van der Waals surface area contributed by atoms with Crippen LogP contribution in [-0.4, -0.2) is 5.97 Å². The van der Waals surface area contributed by atoms with Crippen molar-refractivity contribution >= 4 is 5.97 Å². The van der Waals surface area contributed by atoms with Crippen LogP contribution < -0.4 is 4.74 Å². The number of hydrogen-bond donors (Lipinski definition) is 0. The summed E-state index contributed by atoms with van der Waals surface area (Å²) in [6.07, 6.45) is 0. The number of aryl methyl sites for hydroxylation is 1. The van der Waals surface area contributed by atoms with Gasteiger partial charge < -0.3 is 9.47 Å². The molecule has 74 valence electrons. The average Bonchev–Trinajstić information content (AvgIpc) is 2.57.